The van der Waals surface area contributed by atoms with Gasteiger partial charge in [-0.05, 0) is 37.1 Å². The van der Waals surface area contributed by atoms with E-state index in [2.05, 4.69) is 34.5 Å². The highest BCUT2D eigenvalue weighted by atomic mass is 16.5. The summed E-state index contributed by atoms with van der Waals surface area (Å²) in [6.07, 6.45) is 2.91. The van der Waals surface area contributed by atoms with Crippen LogP contribution < -0.4 is 19.5 Å². The first-order valence-electron chi connectivity index (χ1n) is 10.7. The minimum Gasteiger partial charge on any atom is -0.493 e. The molecule has 0 saturated carbocycles. The Morgan fingerprint density at radius 1 is 1.03 bits per heavy atom. The number of rotatable bonds is 6. The van der Waals surface area contributed by atoms with Gasteiger partial charge < -0.3 is 24.3 Å². The maximum Gasteiger partial charge on any atom is 0.253 e. The number of nitrogens with zero attached hydrogens (tertiary/aromatic N) is 1. The van der Waals surface area contributed by atoms with Crippen molar-refractivity contribution in [2.45, 2.75) is 37.6 Å². The second-order valence-electron chi connectivity index (χ2n) is 7.87. The lowest BCUT2D eigenvalue weighted by atomic mass is 9.93. The lowest BCUT2D eigenvalue weighted by Gasteiger charge is -2.48. The molecule has 0 bridgehead atoms. The number of fused-ring (bicyclic) bond motifs is 1. The van der Waals surface area contributed by atoms with Crippen molar-refractivity contribution >= 4 is 5.91 Å². The quantitative estimate of drug-likeness (QED) is 0.764. The van der Waals surface area contributed by atoms with E-state index in [4.69, 9.17) is 18.9 Å². The highest BCUT2D eigenvalue weighted by Crippen LogP contribution is 2.39. The van der Waals surface area contributed by atoms with Gasteiger partial charge in [-0.15, -0.1) is 0 Å². The van der Waals surface area contributed by atoms with Crippen LogP contribution in [0.5, 0.6) is 17.2 Å². The van der Waals surface area contributed by atoms with Gasteiger partial charge in [0.2, 0.25) is 5.75 Å². The van der Waals surface area contributed by atoms with Crippen molar-refractivity contribution in [3.8, 4) is 17.2 Å². The molecule has 4 rings (SSSR count). The zero-order valence-electron chi connectivity index (χ0n) is 18.3. The highest BCUT2D eigenvalue weighted by molar-refractivity contribution is 5.95. The van der Waals surface area contributed by atoms with Gasteiger partial charge in [-0.25, -0.2) is 0 Å². The third-order valence-corrected chi connectivity index (χ3v) is 6.16. The second-order valence-corrected chi connectivity index (χ2v) is 7.87. The summed E-state index contributed by atoms with van der Waals surface area (Å²) in [4.78, 5) is 15.6. The van der Waals surface area contributed by atoms with Crippen LogP contribution in [0.3, 0.4) is 0 Å². The monoisotopic (exact) mass is 426 g/mol. The van der Waals surface area contributed by atoms with Crippen LogP contribution in [0.25, 0.3) is 0 Å². The summed E-state index contributed by atoms with van der Waals surface area (Å²) in [5.41, 5.74) is 1.69. The Balaban J connectivity index is 1.54. The predicted molar refractivity (Wildman–Crippen MR) is 117 cm³/mol. The number of methoxy groups -OCH3 is 3. The van der Waals surface area contributed by atoms with Gasteiger partial charge in [-0.2, -0.15) is 0 Å². The Morgan fingerprint density at radius 2 is 1.74 bits per heavy atom. The van der Waals surface area contributed by atoms with E-state index in [9.17, 15) is 4.79 Å². The van der Waals surface area contributed by atoms with Crippen LogP contribution in [0, 0.1) is 0 Å². The number of carbonyl (C=O) groups excluding carboxylic acids is 1. The standard InChI is InChI=1S/C24H30N2O5/c1-28-20-13-17(14-21(29-2)22(20)30-3)23(27)25-24-18-11-7-8-12-26(18)19(15-31-24)16-9-5-4-6-10-16/h4-6,9-10,13-14,18-19,24H,7-8,11-12,15H2,1-3H3,(H,25,27)/t18-,19-,24+/m0/s1. The first-order valence-corrected chi connectivity index (χ1v) is 10.7. The van der Waals surface area contributed by atoms with E-state index >= 15 is 0 Å². The first-order chi connectivity index (χ1) is 15.2. The second kappa shape index (κ2) is 9.58. The third kappa shape index (κ3) is 4.34. The Hall–Kier alpha value is -2.77. The molecule has 7 nitrogen and oxygen atoms in total. The summed E-state index contributed by atoms with van der Waals surface area (Å²) < 4.78 is 22.3. The summed E-state index contributed by atoms with van der Waals surface area (Å²) in [6.45, 7) is 1.55. The molecule has 1 amide bonds. The fourth-order valence-corrected chi connectivity index (χ4v) is 4.62. The number of nitrogens with one attached hydrogen (secondary N) is 1. The van der Waals surface area contributed by atoms with E-state index in [1.165, 1.54) is 26.9 Å². The van der Waals surface area contributed by atoms with Crippen LogP contribution in [-0.2, 0) is 4.74 Å². The molecular weight excluding hydrogens is 396 g/mol. The lowest BCUT2D eigenvalue weighted by Crippen LogP contribution is -2.60. The van der Waals surface area contributed by atoms with Crippen LogP contribution in [0.2, 0.25) is 0 Å². The number of ether oxygens (including phenoxy) is 4. The van der Waals surface area contributed by atoms with Gasteiger partial charge in [0, 0.05) is 5.56 Å². The van der Waals surface area contributed by atoms with Crippen molar-refractivity contribution in [2.24, 2.45) is 0 Å². The number of hydrogen-bond donors (Lipinski definition) is 1. The molecule has 7 heteroatoms. The molecule has 1 N–H and O–H groups in total. The number of hydrogen-bond acceptors (Lipinski definition) is 6. The Kier molecular flexibility index (Phi) is 6.63. The normalized spacial score (nSPS) is 23.5. The fourth-order valence-electron chi connectivity index (χ4n) is 4.62. The third-order valence-electron chi connectivity index (χ3n) is 6.16. The molecular formula is C24H30N2O5. The molecule has 3 atom stereocenters. The topological polar surface area (TPSA) is 69.3 Å². The van der Waals surface area contributed by atoms with E-state index in [1.54, 1.807) is 12.1 Å². The van der Waals surface area contributed by atoms with Crippen LogP contribution in [-0.4, -0.2) is 57.6 Å². The van der Waals surface area contributed by atoms with Crippen molar-refractivity contribution in [3.63, 3.8) is 0 Å². The molecule has 31 heavy (non-hydrogen) atoms. The smallest absolute Gasteiger partial charge is 0.253 e. The van der Waals surface area contributed by atoms with E-state index < -0.39 is 0 Å². The maximum atomic E-state index is 13.1. The Bertz CT molecular complexity index is 879. The minimum absolute atomic E-state index is 0.138. The molecule has 0 unspecified atom stereocenters. The molecule has 2 aromatic rings. The molecule has 0 spiro atoms. The average Bonchev–Trinajstić information content (AvgIpc) is 2.83. The molecule has 166 valence electrons. The van der Waals surface area contributed by atoms with Gasteiger partial charge in [0.15, 0.2) is 11.5 Å². The molecule has 2 aliphatic heterocycles. The van der Waals surface area contributed by atoms with Crippen molar-refractivity contribution in [3.05, 3.63) is 53.6 Å². The summed E-state index contributed by atoms with van der Waals surface area (Å²) in [6, 6.07) is 14.1. The molecule has 0 radical (unpaired) electrons. The number of carbonyl (C=O) groups is 1. The van der Waals surface area contributed by atoms with Crippen molar-refractivity contribution < 1.29 is 23.7 Å². The average molecular weight is 427 g/mol. The first kappa shape index (κ1) is 21.5. The van der Waals surface area contributed by atoms with E-state index in [0.717, 1.165) is 25.8 Å². The van der Waals surface area contributed by atoms with Crippen LogP contribution in [0.15, 0.2) is 42.5 Å². The number of amides is 1. The highest BCUT2D eigenvalue weighted by Gasteiger charge is 2.40. The number of morpholine rings is 1. The van der Waals surface area contributed by atoms with Gasteiger partial charge in [0.05, 0.1) is 40.0 Å². The summed E-state index contributed by atoms with van der Waals surface area (Å²) in [5.74, 6) is 1.12. The maximum absolute atomic E-state index is 13.1. The summed E-state index contributed by atoms with van der Waals surface area (Å²) in [7, 11) is 4.61. The van der Waals surface area contributed by atoms with E-state index in [1.807, 2.05) is 6.07 Å². The molecule has 2 heterocycles. The molecule has 2 fully saturated rings. The summed E-state index contributed by atoms with van der Waals surface area (Å²) >= 11 is 0. The zero-order chi connectivity index (χ0) is 21.8. The molecule has 0 aromatic heterocycles. The SMILES string of the molecule is COc1cc(C(=O)N[C@@H]2OC[C@@H](c3ccccc3)N3CCCC[C@@H]23)cc(OC)c1OC. The summed E-state index contributed by atoms with van der Waals surface area (Å²) in [5, 5.41) is 3.09. The van der Waals surface area contributed by atoms with Crippen LogP contribution >= 0.6 is 0 Å². The fraction of sp³-hybridized carbons (Fsp3) is 0.458. The van der Waals surface area contributed by atoms with Crippen molar-refractivity contribution in [1.29, 1.82) is 0 Å². The van der Waals surface area contributed by atoms with Gasteiger partial charge >= 0.3 is 0 Å². The number of piperidine rings is 1. The van der Waals surface area contributed by atoms with Gasteiger partial charge in [-0.3, -0.25) is 9.69 Å². The van der Waals surface area contributed by atoms with Gasteiger partial charge in [0.1, 0.15) is 6.23 Å². The predicted octanol–water partition coefficient (Wildman–Crippen LogP) is 3.39. The minimum atomic E-state index is -0.369. The van der Waals surface area contributed by atoms with E-state index in [-0.39, 0.29) is 24.2 Å². The van der Waals surface area contributed by atoms with Crippen molar-refractivity contribution in [1.82, 2.24) is 10.2 Å². The zero-order valence-corrected chi connectivity index (χ0v) is 18.3. The van der Waals surface area contributed by atoms with E-state index in [0.29, 0.717) is 29.4 Å². The lowest BCUT2D eigenvalue weighted by molar-refractivity contribution is -0.125. The van der Waals surface area contributed by atoms with Crippen LogP contribution in [0.4, 0.5) is 0 Å². The number of benzene rings is 2. The van der Waals surface area contributed by atoms with Crippen molar-refractivity contribution in [2.75, 3.05) is 34.5 Å². The largest absolute Gasteiger partial charge is 0.493 e. The molecule has 2 aromatic carbocycles. The van der Waals surface area contributed by atoms with Gasteiger partial charge in [-0.1, -0.05) is 36.8 Å². The van der Waals surface area contributed by atoms with Crippen LogP contribution in [0.1, 0.15) is 41.2 Å². The van der Waals surface area contributed by atoms with Gasteiger partial charge in [0.25, 0.3) is 5.91 Å². The Labute approximate surface area is 183 Å². The Morgan fingerprint density at radius 3 is 2.39 bits per heavy atom. The molecule has 0 aliphatic carbocycles. The molecule has 2 aliphatic rings. The molecule has 2 saturated heterocycles.